The van der Waals surface area contributed by atoms with Crippen LogP contribution in [0.2, 0.25) is 0 Å². The number of aliphatic hydroxyl groups is 1. The van der Waals surface area contributed by atoms with Gasteiger partial charge in [0.15, 0.2) is 5.13 Å². The fourth-order valence-electron chi connectivity index (χ4n) is 4.48. The minimum Gasteiger partial charge on any atom is -0.507 e. The molecule has 0 aliphatic carbocycles. The van der Waals surface area contributed by atoms with E-state index in [4.69, 9.17) is 9.47 Å². The Hall–Kier alpha value is -4.31. The third kappa shape index (κ3) is 4.29. The highest BCUT2D eigenvalue weighted by atomic mass is 32.1. The topological polar surface area (TPSA) is 119 Å². The molecule has 3 aromatic rings. The van der Waals surface area contributed by atoms with E-state index in [1.165, 1.54) is 17.2 Å². The van der Waals surface area contributed by atoms with Crippen LogP contribution in [0.4, 0.5) is 5.13 Å². The lowest BCUT2D eigenvalue weighted by Gasteiger charge is -2.22. The van der Waals surface area contributed by atoms with E-state index in [1.54, 1.807) is 43.5 Å². The first-order valence-electron chi connectivity index (χ1n) is 11.6. The summed E-state index contributed by atoms with van der Waals surface area (Å²) in [5.74, 6) is -1.92. The van der Waals surface area contributed by atoms with Gasteiger partial charge in [-0.05, 0) is 49.2 Å². The van der Waals surface area contributed by atoms with Crippen molar-refractivity contribution >= 4 is 39.9 Å². The third-order valence-electron chi connectivity index (χ3n) is 6.12. The monoisotopic (exact) mass is 517 g/mol. The van der Waals surface area contributed by atoms with E-state index in [0.29, 0.717) is 23.2 Å². The molecule has 1 amide bonds. The third-order valence-corrected chi connectivity index (χ3v) is 7.26. The molecule has 4 heterocycles. The van der Waals surface area contributed by atoms with Crippen LogP contribution in [0.3, 0.4) is 0 Å². The van der Waals surface area contributed by atoms with E-state index in [0.717, 1.165) is 22.6 Å². The van der Waals surface area contributed by atoms with Crippen LogP contribution in [0.25, 0.3) is 5.76 Å². The molecule has 1 saturated heterocycles. The number of Topliss-reactive ketones (excluding diaryl/α,β-unsaturated/α-hetero) is 1. The van der Waals surface area contributed by atoms with Gasteiger partial charge in [0.2, 0.25) is 0 Å². The van der Waals surface area contributed by atoms with Crippen molar-refractivity contribution in [3.8, 4) is 5.75 Å². The number of pyridine rings is 1. The second-order valence-electron chi connectivity index (χ2n) is 8.71. The van der Waals surface area contributed by atoms with Crippen LogP contribution in [-0.4, -0.2) is 45.4 Å². The number of rotatable bonds is 6. The van der Waals surface area contributed by atoms with E-state index >= 15 is 0 Å². The van der Waals surface area contributed by atoms with Crippen molar-refractivity contribution in [3.05, 3.63) is 88.2 Å². The van der Waals surface area contributed by atoms with Crippen molar-refractivity contribution < 1.29 is 29.0 Å². The second-order valence-corrected chi connectivity index (χ2v) is 9.69. The Balaban J connectivity index is 1.63. The first-order valence-corrected chi connectivity index (χ1v) is 12.4. The number of benzene rings is 1. The Labute approximate surface area is 216 Å². The Morgan fingerprint density at radius 2 is 2.16 bits per heavy atom. The van der Waals surface area contributed by atoms with Gasteiger partial charge in [0.25, 0.3) is 5.78 Å². The minimum absolute atomic E-state index is 0.00822. The largest absolute Gasteiger partial charge is 0.507 e. The molecule has 5 rings (SSSR count). The summed E-state index contributed by atoms with van der Waals surface area (Å²) in [6.45, 7) is 7.12. The molecule has 2 aromatic heterocycles. The fourth-order valence-corrected chi connectivity index (χ4v) is 5.47. The fraction of sp³-hybridized carbons (Fsp3) is 0.222. The molecule has 188 valence electrons. The quantitative estimate of drug-likeness (QED) is 0.170. The van der Waals surface area contributed by atoms with Gasteiger partial charge in [0, 0.05) is 24.4 Å². The van der Waals surface area contributed by atoms with Gasteiger partial charge < -0.3 is 14.6 Å². The molecule has 1 fully saturated rings. The van der Waals surface area contributed by atoms with Gasteiger partial charge in [0.1, 0.15) is 29.1 Å². The number of ketones is 1. The van der Waals surface area contributed by atoms with Crippen molar-refractivity contribution in [2.75, 3.05) is 11.5 Å². The van der Waals surface area contributed by atoms with Gasteiger partial charge in [0.05, 0.1) is 17.3 Å². The summed E-state index contributed by atoms with van der Waals surface area (Å²) < 4.78 is 10.9. The zero-order valence-corrected chi connectivity index (χ0v) is 20.9. The Morgan fingerprint density at radius 3 is 2.89 bits per heavy atom. The van der Waals surface area contributed by atoms with Gasteiger partial charge in [-0.1, -0.05) is 30.1 Å². The summed E-state index contributed by atoms with van der Waals surface area (Å²) in [7, 11) is 0. The number of carbonyl (C=O) groups excluding carboxylic acids is 3. The molecule has 1 aromatic carbocycles. The van der Waals surface area contributed by atoms with Crippen molar-refractivity contribution in [2.45, 2.75) is 32.4 Å². The number of hydrogen-bond donors (Lipinski definition) is 1. The molecule has 37 heavy (non-hydrogen) atoms. The number of aliphatic hydroxyl groups excluding tert-OH is 1. The lowest BCUT2D eigenvalue weighted by Crippen LogP contribution is -2.29. The predicted molar refractivity (Wildman–Crippen MR) is 137 cm³/mol. The van der Waals surface area contributed by atoms with E-state index in [2.05, 4.69) is 16.5 Å². The molecule has 2 aliphatic heterocycles. The lowest BCUT2D eigenvalue weighted by atomic mass is 9.95. The van der Waals surface area contributed by atoms with Gasteiger partial charge in [-0.2, -0.15) is 0 Å². The van der Waals surface area contributed by atoms with Crippen LogP contribution in [0.1, 0.15) is 45.0 Å². The summed E-state index contributed by atoms with van der Waals surface area (Å²) >= 11 is 0.937. The highest BCUT2D eigenvalue weighted by Crippen LogP contribution is 2.44. The molecule has 2 aliphatic rings. The number of fused-ring (bicyclic) bond motifs is 1. The van der Waals surface area contributed by atoms with Crippen LogP contribution < -0.4 is 9.64 Å². The molecule has 0 radical (unpaired) electrons. The van der Waals surface area contributed by atoms with E-state index < -0.39 is 23.7 Å². The van der Waals surface area contributed by atoms with Gasteiger partial charge >= 0.3 is 11.9 Å². The molecular weight excluding hydrogens is 494 g/mol. The molecule has 0 bridgehead atoms. The Kier molecular flexibility index (Phi) is 6.34. The van der Waals surface area contributed by atoms with Gasteiger partial charge in [-0.25, -0.2) is 9.78 Å². The number of nitrogens with zero attached hydrogens (tertiary/aromatic N) is 3. The summed E-state index contributed by atoms with van der Waals surface area (Å²) in [5.41, 5.74) is 2.07. The SMILES string of the molecule is C=CCOC(=O)c1sc(N2C(=O)C(=O)/C(=C(\O)c3ccc4c(c3)CC(C)O4)C2c2cccnc2)nc1C. The number of ether oxygens (including phenoxy) is 2. The van der Waals surface area contributed by atoms with Crippen LogP contribution in [0.15, 0.2) is 61.0 Å². The number of aromatic nitrogens is 2. The van der Waals surface area contributed by atoms with E-state index in [-0.39, 0.29) is 34.1 Å². The molecule has 0 spiro atoms. The average Bonchev–Trinajstić information content (AvgIpc) is 3.54. The smallest absolute Gasteiger partial charge is 0.350 e. The predicted octanol–water partition coefficient (Wildman–Crippen LogP) is 4.14. The van der Waals surface area contributed by atoms with Crippen molar-refractivity contribution in [2.24, 2.45) is 0 Å². The number of anilines is 1. The van der Waals surface area contributed by atoms with E-state index in [1.807, 2.05) is 6.92 Å². The van der Waals surface area contributed by atoms with Gasteiger partial charge in [-0.15, -0.1) is 0 Å². The molecule has 1 N–H and O–H groups in total. The van der Waals surface area contributed by atoms with E-state index in [9.17, 15) is 19.5 Å². The first kappa shape index (κ1) is 24.4. The van der Waals surface area contributed by atoms with Crippen LogP contribution >= 0.6 is 11.3 Å². The van der Waals surface area contributed by atoms with Crippen molar-refractivity contribution in [1.82, 2.24) is 9.97 Å². The number of thiazole rings is 1. The zero-order chi connectivity index (χ0) is 26.3. The average molecular weight is 518 g/mol. The summed E-state index contributed by atoms with van der Waals surface area (Å²) in [4.78, 5) is 49.2. The maximum absolute atomic E-state index is 13.4. The highest BCUT2D eigenvalue weighted by Gasteiger charge is 2.48. The maximum Gasteiger partial charge on any atom is 0.350 e. The minimum atomic E-state index is -1.00. The number of amides is 1. The molecule has 9 nitrogen and oxygen atoms in total. The standard InChI is InChI=1S/C27H23N3O6S/c1-4-10-35-26(34)24-15(3)29-27(37-24)30-21(17-6-5-9-28-13-17)20(23(32)25(30)33)22(31)16-7-8-19-18(12-16)11-14(2)36-19/h4-9,12-14,21,31H,1,10-11H2,2-3H3/b22-20-. The molecule has 0 saturated carbocycles. The van der Waals surface area contributed by atoms with Crippen molar-refractivity contribution in [3.63, 3.8) is 0 Å². The van der Waals surface area contributed by atoms with Crippen LogP contribution in [-0.2, 0) is 20.7 Å². The van der Waals surface area contributed by atoms with Crippen LogP contribution in [0, 0.1) is 6.92 Å². The Bertz CT molecular complexity index is 1460. The van der Waals surface area contributed by atoms with Crippen LogP contribution in [0.5, 0.6) is 5.75 Å². The zero-order valence-electron chi connectivity index (χ0n) is 20.1. The normalized spacial score (nSPS) is 20.0. The number of aryl methyl sites for hydroxylation is 1. The first-order chi connectivity index (χ1) is 17.8. The number of esters is 1. The van der Waals surface area contributed by atoms with Crippen molar-refractivity contribution in [1.29, 1.82) is 0 Å². The Morgan fingerprint density at radius 1 is 1.35 bits per heavy atom. The number of carbonyl (C=O) groups is 3. The lowest BCUT2D eigenvalue weighted by molar-refractivity contribution is -0.132. The molecular formula is C27H23N3O6S. The summed E-state index contributed by atoms with van der Waals surface area (Å²) in [5, 5.41) is 11.5. The molecule has 2 atom stereocenters. The summed E-state index contributed by atoms with van der Waals surface area (Å²) in [6, 6.07) is 7.55. The molecule has 10 heteroatoms. The highest BCUT2D eigenvalue weighted by molar-refractivity contribution is 7.17. The molecule has 2 unspecified atom stereocenters. The summed E-state index contributed by atoms with van der Waals surface area (Å²) in [6.07, 6.45) is 5.21. The van der Waals surface area contributed by atoms with Gasteiger partial charge in [-0.3, -0.25) is 19.5 Å². The maximum atomic E-state index is 13.4. The number of hydrogen-bond acceptors (Lipinski definition) is 9. The second kappa shape index (κ2) is 9.62.